The number of anilines is 1. The second-order valence-electron chi connectivity index (χ2n) is 7.79. The Kier molecular flexibility index (Phi) is 7.28. The molecule has 5 rings (SSSR count). The van der Waals surface area contributed by atoms with Crippen LogP contribution in [0.25, 0.3) is 16.6 Å². The molecule has 0 unspecified atom stereocenters. The van der Waals surface area contributed by atoms with Gasteiger partial charge in [0.1, 0.15) is 17.9 Å². The second-order valence-corrected chi connectivity index (χ2v) is 7.79. The van der Waals surface area contributed by atoms with Gasteiger partial charge in [0.05, 0.1) is 35.3 Å². The van der Waals surface area contributed by atoms with E-state index in [4.69, 9.17) is 15.6 Å². The number of carbonyl (C=O) groups excluding carboxylic acids is 1. The fourth-order valence-electron chi connectivity index (χ4n) is 4.01. The summed E-state index contributed by atoms with van der Waals surface area (Å²) in [7, 11) is 0. The number of rotatable bonds is 8. The van der Waals surface area contributed by atoms with Crippen LogP contribution in [0.4, 0.5) is 5.69 Å². The number of nitrogens with one attached hydrogen (secondary N) is 1. The largest absolute Gasteiger partial charge is 0.476 e. The molecule has 3 N–H and O–H groups in total. The van der Waals surface area contributed by atoms with Gasteiger partial charge in [-0.3, -0.25) is 13.9 Å². The van der Waals surface area contributed by atoms with Crippen molar-refractivity contribution >= 4 is 40.6 Å². The first-order chi connectivity index (χ1) is 16.7. The van der Waals surface area contributed by atoms with Gasteiger partial charge in [-0.1, -0.05) is 25.1 Å². The molecule has 0 fully saturated rings. The molecule has 0 aliphatic carbocycles. The van der Waals surface area contributed by atoms with Crippen LogP contribution in [0.2, 0.25) is 0 Å². The van der Waals surface area contributed by atoms with Crippen LogP contribution in [0.15, 0.2) is 67.0 Å². The molecule has 0 aliphatic heterocycles. The van der Waals surface area contributed by atoms with E-state index in [2.05, 4.69) is 22.2 Å². The zero-order chi connectivity index (χ0) is 23.5. The molecule has 0 saturated heterocycles. The highest BCUT2D eigenvalue weighted by Gasteiger charge is 2.18. The number of carbonyl (C=O) groups is 1. The van der Waals surface area contributed by atoms with Gasteiger partial charge in [-0.25, -0.2) is 9.97 Å². The van der Waals surface area contributed by atoms with Crippen LogP contribution >= 0.6 is 12.4 Å². The molecule has 0 radical (unpaired) electrons. The van der Waals surface area contributed by atoms with Gasteiger partial charge in [-0.05, 0) is 36.8 Å². The molecule has 0 saturated carbocycles. The molecule has 0 spiro atoms. The topological polar surface area (TPSA) is 112 Å². The van der Waals surface area contributed by atoms with Crippen molar-refractivity contribution in [1.82, 2.24) is 24.1 Å². The number of aromatic nitrogens is 5. The Labute approximate surface area is 208 Å². The van der Waals surface area contributed by atoms with Crippen molar-refractivity contribution in [1.29, 1.82) is 0 Å². The third-order valence-corrected chi connectivity index (χ3v) is 5.54. The maximum Gasteiger partial charge on any atom is 0.274 e. The van der Waals surface area contributed by atoms with Crippen LogP contribution < -0.4 is 15.8 Å². The lowest BCUT2D eigenvalue weighted by atomic mass is 10.1. The third-order valence-electron chi connectivity index (χ3n) is 5.54. The number of ether oxygens (including phenoxy) is 1. The number of aryl methyl sites for hydroxylation is 1. The summed E-state index contributed by atoms with van der Waals surface area (Å²) in [6.07, 6.45) is 4.13. The van der Waals surface area contributed by atoms with Gasteiger partial charge in [0.2, 0.25) is 5.88 Å². The molecular weight excluding hydrogens is 466 g/mol. The summed E-state index contributed by atoms with van der Waals surface area (Å²) in [5.41, 5.74) is 10.1. The number of amides is 1. The van der Waals surface area contributed by atoms with Crippen LogP contribution in [0.1, 0.15) is 28.8 Å². The summed E-state index contributed by atoms with van der Waals surface area (Å²) < 4.78 is 9.23. The third kappa shape index (κ3) is 4.82. The molecular formula is C25H26ClN7O2. The highest BCUT2D eigenvalue weighted by molar-refractivity contribution is 6.08. The molecule has 0 aliphatic rings. The second kappa shape index (κ2) is 10.5. The number of benzene rings is 1. The fourth-order valence-corrected chi connectivity index (χ4v) is 4.01. The predicted octanol–water partition coefficient (Wildman–Crippen LogP) is 3.70. The van der Waals surface area contributed by atoms with E-state index < -0.39 is 0 Å². The molecule has 0 atom stereocenters. The van der Waals surface area contributed by atoms with Crippen molar-refractivity contribution in [3.63, 3.8) is 0 Å². The average Bonchev–Trinajstić information content (AvgIpc) is 3.45. The summed E-state index contributed by atoms with van der Waals surface area (Å²) >= 11 is 0. The van der Waals surface area contributed by atoms with Crippen molar-refractivity contribution < 1.29 is 9.53 Å². The van der Waals surface area contributed by atoms with Gasteiger partial charge in [-0.15, -0.1) is 12.4 Å². The van der Waals surface area contributed by atoms with Gasteiger partial charge in [-0.2, -0.15) is 5.10 Å². The number of nitrogens with zero attached hydrogens (tertiary/aromatic N) is 5. The first-order valence-corrected chi connectivity index (χ1v) is 11.2. The molecule has 4 heterocycles. The molecule has 4 aromatic heterocycles. The monoisotopic (exact) mass is 491 g/mol. The van der Waals surface area contributed by atoms with Crippen LogP contribution in [0.3, 0.4) is 0 Å². The molecule has 5 aromatic rings. The van der Waals surface area contributed by atoms with E-state index >= 15 is 0 Å². The van der Waals surface area contributed by atoms with Crippen LogP contribution in [-0.2, 0) is 13.0 Å². The van der Waals surface area contributed by atoms with Gasteiger partial charge < -0.3 is 15.8 Å². The van der Waals surface area contributed by atoms with Crippen molar-refractivity contribution in [2.45, 2.75) is 19.9 Å². The minimum absolute atomic E-state index is 0. The summed E-state index contributed by atoms with van der Waals surface area (Å²) in [5.74, 6) is 0.309. The Hall–Kier alpha value is -3.95. The molecule has 1 amide bonds. The summed E-state index contributed by atoms with van der Waals surface area (Å²) in [6, 6.07) is 17.1. The maximum atomic E-state index is 13.1. The normalized spacial score (nSPS) is 10.9. The minimum Gasteiger partial charge on any atom is -0.476 e. The van der Waals surface area contributed by atoms with Crippen LogP contribution in [0, 0.1) is 0 Å². The number of hydrogen-bond acceptors (Lipinski definition) is 6. The first-order valence-electron chi connectivity index (χ1n) is 11.2. The van der Waals surface area contributed by atoms with E-state index in [1.165, 1.54) is 0 Å². The molecule has 35 heavy (non-hydrogen) atoms. The summed E-state index contributed by atoms with van der Waals surface area (Å²) in [6.45, 7) is 3.37. The van der Waals surface area contributed by atoms with Gasteiger partial charge >= 0.3 is 0 Å². The Morgan fingerprint density at radius 1 is 1.11 bits per heavy atom. The van der Waals surface area contributed by atoms with E-state index in [1.807, 2.05) is 65.5 Å². The first kappa shape index (κ1) is 24.2. The van der Waals surface area contributed by atoms with Crippen molar-refractivity contribution in [2.75, 3.05) is 18.5 Å². The lowest BCUT2D eigenvalue weighted by molar-refractivity contribution is 0.102. The van der Waals surface area contributed by atoms with E-state index in [9.17, 15) is 4.79 Å². The maximum absolute atomic E-state index is 13.1. The van der Waals surface area contributed by atoms with E-state index in [1.54, 1.807) is 10.6 Å². The average molecular weight is 492 g/mol. The number of pyridine rings is 2. The van der Waals surface area contributed by atoms with Crippen LogP contribution in [0.5, 0.6) is 5.88 Å². The zero-order valence-electron chi connectivity index (χ0n) is 19.2. The van der Waals surface area contributed by atoms with Gasteiger partial charge in [0.25, 0.3) is 5.91 Å². The zero-order valence-corrected chi connectivity index (χ0v) is 20.0. The fraction of sp³-hybridized carbons (Fsp3) is 0.200. The number of hydrogen-bond donors (Lipinski definition) is 2. The van der Waals surface area contributed by atoms with E-state index in [-0.39, 0.29) is 18.3 Å². The molecule has 10 heteroatoms. The smallest absolute Gasteiger partial charge is 0.274 e. The molecule has 180 valence electrons. The number of fused-ring (bicyclic) bond motifs is 2. The molecule has 9 nitrogen and oxygen atoms in total. The van der Waals surface area contributed by atoms with Crippen molar-refractivity contribution in [3.8, 4) is 5.88 Å². The van der Waals surface area contributed by atoms with Crippen molar-refractivity contribution in [3.05, 3.63) is 84.1 Å². The Bertz CT molecular complexity index is 1480. The molecule has 1 aromatic carbocycles. The Morgan fingerprint density at radius 3 is 2.80 bits per heavy atom. The quantitative estimate of drug-likeness (QED) is 0.342. The van der Waals surface area contributed by atoms with Gasteiger partial charge in [0.15, 0.2) is 0 Å². The Balaban J connectivity index is 0.00000289. The minimum atomic E-state index is -0.229. The van der Waals surface area contributed by atoms with Crippen LogP contribution in [-0.4, -0.2) is 43.2 Å². The summed E-state index contributed by atoms with van der Waals surface area (Å²) in [5, 5.41) is 8.80. The predicted molar refractivity (Wildman–Crippen MR) is 137 cm³/mol. The highest BCUT2D eigenvalue weighted by atomic mass is 35.5. The Morgan fingerprint density at radius 2 is 1.97 bits per heavy atom. The number of halogens is 1. The van der Waals surface area contributed by atoms with E-state index in [0.29, 0.717) is 37.0 Å². The van der Waals surface area contributed by atoms with E-state index in [0.717, 1.165) is 34.4 Å². The SMILES string of the molecule is CCc1nn(Cc2cccc(OCCN)n2)c2cccc(NC(=O)c3cnc4ccccn34)c12.Cl. The lowest BCUT2D eigenvalue weighted by Gasteiger charge is -2.09. The lowest BCUT2D eigenvalue weighted by Crippen LogP contribution is -2.14. The van der Waals surface area contributed by atoms with Crippen molar-refractivity contribution in [2.24, 2.45) is 5.73 Å². The summed E-state index contributed by atoms with van der Waals surface area (Å²) in [4.78, 5) is 22.0. The highest BCUT2D eigenvalue weighted by Crippen LogP contribution is 2.28. The van der Waals surface area contributed by atoms with Gasteiger partial charge in [0, 0.05) is 24.2 Å². The number of nitrogens with two attached hydrogens (primary N) is 1. The molecule has 0 bridgehead atoms. The number of imidazole rings is 1. The standard InChI is InChI=1S/C25H25N7O2.ClH/c1-2-18-24-19(29-25(33)21-15-27-22-10-3-4-13-31(21)22)8-6-9-20(24)32(30-18)16-17-7-5-11-23(28-17)34-14-12-26;/h3-11,13,15H,2,12,14,16,26H2,1H3,(H,29,33);1H.